The first kappa shape index (κ1) is 14.9. The zero-order valence-corrected chi connectivity index (χ0v) is 10.7. The Labute approximate surface area is 108 Å². The van der Waals surface area contributed by atoms with Crippen LogP contribution in [0, 0.1) is 11.6 Å². The van der Waals surface area contributed by atoms with Crippen LogP contribution in [0.4, 0.5) is 19.3 Å². The van der Waals surface area contributed by atoms with Gasteiger partial charge in [0.1, 0.15) is 22.8 Å². The van der Waals surface area contributed by atoms with Gasteiger partial charge in [-0.15, -0.1) is 0 Å². The number of ether oxygens (including phenoxy) is 1. The van der Waals surface area contributed by atoms with Crippen molar-refractivity contribution in [1.82, 2.24) is 0 Å². The fourth-order valence-corrected chi connectivity index (χ4v) is 1.30. The summed E-state index contributed by atoms with van der Waals surface area (Å²) in [7, 11) is 0. The van der Waals surface area contributed by atoms with Crippen molar-refractivity contribution in [2.75, 3.05) is 5.32 Å². The van der Waals surface area contributed by atoms with E-state index in [9.17, 15) is 18.4 Å². The fraction of sp³-hybridized carbons (Fsp3) is 0.333. The molecule has 0 saturated carbocycles. The lowest BCUT2D eigenvalue weighted by Gasteiger charge is -2.19. The quantitative estimate of drug-likeness (QED) is 0.867. The molecular weight excluding hydrogens is 258 g/mol. The zero-order chi connectivity index (χ0) is 14.8. The Balaban J connectivity index is 2.93. The molecular formula is C12H14F2N2O3. The van der Waals surface area contributed by atoms with Gasteiger partial charge in [0.15, 0.2) is 0 Å². The van der Waals surface area contributed by atoms with Gasteiger partial charge in [-0.05, 0) is 32.9 Å². The van der Waals surface area contributed by atoms with Gasteiger partial charge in [0.2, 0.25) is 0 Å². The molecule has 0 saturated heterocycles. The molecule has 0 aliphatic heterocycles. The van der Waals surface area contributed by atoms with Crippen molar-refractivity contribution < 1.29 is 23.1 Å². The number of rotatable bonds is 2. The van der Waals surface area contributed by atoms with Crippen molar-refractivity contribution in [3.63, 3.8) is 0 Å². The van der Waals surface area contributed by atoms with Crippen LogP contribution in [0.15, 0.2) is 12.1 Å². The van der Waals surface area contributed by atoms with Crippen LogP contribution in [0.5, 0.6) is 0 Å². The van der Waals surface area contributed by atoms with Crippen LogP contribution in [-0.2, 0) is 4.74 Å². The van der Waals surface area contributed by atoms with Crippen LogP contribution in [0.25, 0.3) is 0 Å². The summed E-state index contributed by atoms with van der Waals surface area (Å²) in [5.41, 5.74) is 3.05. The lowest BCUT2D eigenvalue weighted by Crippen LogP contribution is -2.27. The SMILES string of the molecule is CC(C)(C)OC(=O)Nc1cc(F)c(C(N)=O)c(F)c1. The van der Waals surface area contributed by atoms with E-state index in [4.69, 9.17) is 10.5 Å². The van der Waals surface area contributed by atoms with Crippen LogP contribution >= 0.6 is 0 Å². The minimum absolute atomic E-state index is 0.172. The third kappa shape index (κ3) is 4.20. The van der Waals surface area contributed by atoms with Crippen molar-refractivity contribution in [3.05, 3.63) is 29.3 Å². The molecule has 0 spiro atoms. The Morgan fingerprint density at radius 3 is 2.05 bits per heavy atom. The number of nitrogens with two attached hydrogens (primary N) is 1. The van der Waals surface area contributed by atoms with Crippen molar-refractivity contribution in [1.29, 1.82) is 0 Å². The lowest BCUT2D eigenvalue weighted by molar-refractivity contribution is 0.0636. The summed E-state index contributed by atoms with van der Waals surface area (Å²) in [6, 6.07) is 1.57. The van der Waals surface area contributed by atoms with E-state index in [1.54, 1.807) is 20.8 Å². The molecule has 0 bridgehead atoms. The molecule has 1 rings (SSSR count). The summed E-state index contributed by atoms with van der Waals surface area (Å²) in [5.74, 6) is -3.53. The van der Waals surface area contributed by atoms with E-state index in [1.807, 2.05) is 0 Å². The molecule has 0 heterocycles. The van der Waals surface area contributed by atoms with E-state index in [1.165, 1.54) is 0 Å². The van der Waals surface area contributed by atoms with Gasteiger partial charge in [0.05, 0.1) is 0 Å². The van der Waals surface area contributed by atoms with Crippen molar-refractivity contribution in [2.45, 2.75) is 26.4 Å². The molecule has 19 heavy (non-hydrogen) atoms. The Bertz CT molecular complexity index is 501. The largest absolute Gasteiger partial charge is 0.444 e. The summed E-state index contributed by atoms with van der Waals surface area (Å²) < 4.78 is 31.7. The maximum atomic E-state index is 13.4. The molecule has 1 aromatic rings. The van der Waals surface area contributed by atoms with Crippen LogP contribution in [0.1, 0.15) is 31.1 Å². The second kappa shape index (κ2) is 5.21. The van der Waals surface area contributed by atoms with Crippen molar-refractivity contribution in [2.24, 2.45) is 5.73 Å². The number of primary amides is 1. The summed E-state index contributed by atoms with van der Waals surface area (Å²) >= 11 is 0. The Morgan fingerprint density at radius 2 is 1.68 bits per heavy atom. The minimum Gasteiger partial charge on any atom is -0.444 e. The third-order valence-electron chi connectivity index (χ3n) is 1.93. The highest BCUT2D eigenvalue weighted by atomic mass is 19.1. The Kier molecular flexibility index (Phi) is 4.08. The molecule has 0 unspecified atom stereocenters. The second-order valence-corrected chi connectivity index (χ2v) is 4.81. The molecule has 0 fully saturated rings. The molecule has 0 atom stereocenters. The smallest absolute Gasteiger partial charge is 0.412 e. The number of carbonyl (C=O) groups excluding carboxylic acids is 2. The normalized spacial score (nSPS) is 11.0. The first-order chi connectivity index (χ1) is 8.60. The Hall–Kier alpha value is -2.18. The van der Waals surface area contributed by atoms with Gasteiger partial charge in [0.25, 0.3) is 5.91 Å². The molecule has 0 aliphatic carbocycles. The average molecular weight is 272 g/mol. The molecule has 7 heteroatoms. The van der Waals surface area contributed by atoms with Gasteiger partial charge in [-0.2, -0.15) is 0 Å². The monoisotopic (exact) mass is 272 g/mol. The van der Waals surface area contributed by atoms with Crippen LogP contribution in [-0.4, -0.2) is 17.6 Å². The van der Waals surface area contributed by atoms with E-state index in [2.05, 4.69) is 5.32 Å². The maximum absolute atomic E-state index is 13.4. The fourth-order valence-electron chi connectivity index (χ4n) is 1.30. The lowest BCUT2D eigenvalue weighted by atomic mass is 10.1. The number of benzene rings is 1. The van der Waals surface area contributed by atoms with E-state index >= 15 is 0 Å². The van der Waals surface area contributed by atoms with Crippen molar-refractivity contribution in [3.8, 4) is 0 Å². The topological polar surface area (TPSA) is 81.4 Å². The van der Waals surface area contributed by atoms with Gasteiger partial charge < -0.3 is 10.5 Å². The summed E-state index contributed by atoms with van der Waals surface area (Å²) in [6.45, 7) is 4.93. The number of anilines is 1. The van der Waals surface area contributed by atoms with E-state index in [-0.39, 0.29) is 5.69 Å². The predicted molar refractivity (Wildman–Crippen MR) is 64.7 cm³/mol. The maximum Gasteiger partial charge on any atom is 0.412 e. The molecule has 0 aromatic heterocycles. The van der Waals surface area contributed by atoms with Crippen LogP contribution in [0.3, 0.4) is 0 Å². The minimum atomic E-state index is -1.22. The first-order valence-electron chi connectivity index (χ1n) is 5.39. The molecule has 3 N–H and O–H groups in total. The molecule has 2 amide bonds. The van der Waals surface area contributed by atoms with E-state index < -0.39 is 34.8 Å². The van der Waals surface area contributed by atoms with E-state index in [0.29, 0.717) is 0 Å². The first-order valence-corrected chi connectivity index (χ1v) is 5.39. The van der Waals surface area contributed by atoms with Gasteiger partial charge in [0, 0.05) is 5.69 Å². The summed E-state index contributed by atoms with van der Waals surface area (Å²) in [5, 5.41) is 2.15. The van der Waals surface area contributed by atoms with Gasteiger partial charge in [-0.25, -0.2) is 13.6 Å². The molecule has 0 radical (unpaired) electrons. The van der Waals surface area contributed by atoms with Gasteiger partial charge in [-0.3, -0.25) is 10.1 Å². The zero-order valence-electron chi connectivity index (χ0n) is 10.7. The number of hydrogen-bond acceptors (Lipinski definition) is 3. The number of amides is 2. The third-order valence-corrected chi connectivity index (χ3v) is 1.93. The van der Waals surface area contributed by atoms with Crippen LogP contribution in [0.2, 0.25) is 0 Å². The molecule has 5 nitrogen and oxygen atoms in total. The van der Waals surface area contributed by atoms with Crippen molar-refractivity contribution >= 4 is 17.7 Å². The van der Waals surface area contributed by atoms with Gasteiger partial charge in [-0.1, -0.05) is 0 Å². The highest BCUT2D eigenvalue weighted by molar-refractivity contribution is 5.94. The Morgan fingerprint density at radius 1 is 1.21 bits per heavy atom. The molecule has 1 aromatic carbocycles. The summed E-state index contributed by atoms with van der Waals surface area (Å²) in [4.78, 5) is 22.2. The van der Waals surface area contributed by atoms with Crippen LogP contribution < -0.4 is 11.1 Å². The number of halogens is 2. The van der Waals surface area contributed by atoms with E-state index in [0.717, 1.165) is 12.1 Å². The predicted octanol–water partition coefficient (Wildman–Crippen LogP) is 2.41. The average Bonchev–Trinajstić information content (AvgIpc) is 2.10. The highest BCUT2D eigenvalue weighted by Crippen LogP contribution is 2.19. The highest BCUT2D eigenvalue weighted by Gasteiger charge is 2.19. The number of carbonyl (C=O) groups is 2. The molecule has 0 aliphatic rings. The number of hydrogen-bond donors (Lipinski definition) is 2. The molecule has 104 valence electrons. The van der Waals surface area contributed by atoms with Gasteiger partial charge >= 0.3 is 6.09 Å². The number of nitrogens with one attached hydrogen (secondary N) is 1. The summed E-state index contributed by atoms with van der Waals surface area (Å²) in [6.07, 6.45) is -0.863. The standard InChI is InChI=1S/C12H14F2N2O3/c1-12(2,3)19-11(18)16-6-4-7(13)9(10(15)17)8(14)5-6/h4-5H,1-3H3,(H2,15,17)(H,16,18). The second-order valence-electron chi connectivity index (χ2n) is 4.81.